The van der Waals surface area contributed by atoms with Crippen LogP contribution >= 0.6 is 0 Å². The molecule has 1 unspecified atom stereocenters. The van der Waals surface area contributed by atoms with E-state index in [1.807, 2.05) is 26.8 Å². The van der Waals surface area contributed by atoms with Crippen LogP contribution in [0, 0.1) is 19.3 Å². The largest absolute Gasteiger partial charge is 0.478 e. The highest BCUT2D eigenvalue weighted by Crippen LogP contribution is 2.34. The van der Waals surface area contributed by atoms with E-state index in [0.29, 0.717) is 44.7 Å². The molecule has 0 bridgehead atoms. The third kappa shape index (κ3) is 4.57. The zero-order valence-corrected chi connectivity index (χ0v) is 20.0. The highest BCUT2D eigenvalue weighted by atomic mass is 16.5. The van der Waals surface area contributed by atoms with Crippen molar-refractivity contribution >= 4 is 28.2 Å². The number of terminal acetylenes is 1. The third-order valence-corrected chi connectivity index (χ3v) is 5.81. The standard InChI is InChI=1S/C29H24N2O5/c1-5-7-10-19(6-2)27-25(20-15-30-35-16-20)26(32)23-14-17(3)13-22(28(23)36-27)18(4)31-24-12-9-8-11-21(24)29(33)34/h1,6-16,18,31H,2-4H3,(H,33,34)/b10-7-,19-6+. The number of benzene rings is 2. The van der Waals surface area contributed by atoms with E-state index in [0.717, 1.165) is 5.56 Å². The Morgan fingerprint density at radius 3 is 2.72 bits per heavy atom. The van der Waals surface area contributed by atoms with Crippen LogP contribution in [0.5, 0.6) is 0 Å². The smallest absolute Gasteiger partial charge is 0.337 e. The number of carboxylic acids is 1. The van der Waals surface area contributed by atoms with Gasteiger partial charge in [0.15, 0.2) is 0 Å². The molecule has 7 heteroatoms. The minimum Gasteiger partial charge on any atom is -0.478 e. The molecular weight excluding hydrogens is 456 g/mol. The molecule has 0 radical (unpaired) electrons. The number of carboxylic acid groups (broad SMARTS) is 1. The van der Waals surface area contributed by atoms with Gasteiger partial charge in [0.2, 0.25) is 5.43 Å². The Morgan fingerprint density at radius 2 is 2.06 bits per heavy atom. The van der Waals surface area contributed by atoms with E-state index in [1.54, 1.807) is 36.4 Å². The molecule has 0 fully saturated rings. The first-order chi connectivity index (χ1) is 17.3. The summed E-state index contributed by atoms with van der Waals surface area (Å²) < 4.78 is 11.5. The predicted molar refractivity (Wildman–Crippen MR) is 140 cm³/mol. The molecule has 0 aliphatic heterocycles. The van der Waals surface area contributed by atoms with Gasteiger partial charge in [0.1, 0.15) is 17.6 Å². The number of aromatic nitrogens is 1. The van der Waals surface area contributed by atoms with E-state index in [1.165, 1.54) is 24.6 Å². The summed E-state index contributed by atoms with van der Waals surface area (Å²) in [6, 6.07) is 9.96. The number of rotatable bonds is 7. The maximum absolute atomic E-state index is 13.9. The van der Waals surface area contributed by atoms with Crippen LogP contribution in [0.4, 0.5) is 5.69 Å². The van der Waals surface area contributed by atoms with E-state index in [2.05, 4.69) is 16.4 Å². The molecule has 0 saturated heterocycles. The van der Waals surface area contributed by atoms with Gasteiger partial charge in [-0.1, -0.05) is 35.4 Å². The lowest BCUT2D eigenvalue weighted by atomic mass is 9.96. The molecule has 4 rings (SSSR count). The van der Waals surface area contributed by atoms with Gasteiger partial charge in [-0.05, 0) is 56.7 Å². The van der Waals surface area contributed by atoms with Crippen molar-refractivity contribution in [3.8, 4) is 23.5 Å². The van der Waals surface area contributed by atoms with Crippen molar-refractivity contribution in [1.29, 1.82) is 0 Å². The number of hydrogen-bond donors (Lipinski definition) is 2. The molecule has 2 aromatic heterocycles. The van der Waals surface area contributed by atoms with Crippen LogP contribution in [0.1, 0.15) is 47.1 Å². The van der Waals surface area contributed by atoms with Crippen LogP contribution in [-0.2, 0) is 0 Å². The molecule has 2 aromatic carbocycles. The van der Waals surface area contributed by atoms with Crippen molar-refractivity contribution in [1.82, 2.24) is 5.16 Å². The summed E-state index contributed by atoms with van der Waals surface area (Å²) in [5.74, 6) is 1.75. The van der Waals surface area contributed by atoms with E-state index in [9.17, 15) is 14.7 Å². The number of para-hydroxylation sites is 1. The second-order valence-electron chi connectivity index (χ2n) is 8.24. The SMILES string of the molecule is C#C/C=C\C(=C/C)c1oc2c(C(C)Nc3ccccc3C(=O)O)cc(C)cc2c(=O)c1-c1cnoc1. The summed E-state index contributed by atoms with van der Waals surface area (Å²) in [6.45, 7) is 5.59. The summed E-state index contributed by atoms with van der Waals surface area (Å²) in [5, 5.41) is 17.0. The Balaban J connectivity index is 1.98. The lowest BCUT2D eigenvalue weighted by molar-refractivity contribution is 0.0698. The fourth-order valence-electron chi connectivity index (χ4n) is 4.14. The number of allylic oxidation sites excluding steroid dienone is 4. The molecule has 2 N–H and O–H groups in total. The molecule has 0 amide bonds. The van der Waals surface area contributed by atoms with Gasteiger partial charge in [-0.2, -0.15) is 0 Å². The Labute approximate surface area is 207 Å². The van der Waals surface area contributed by atoms with Gasteiger partial charge in [-0.25, -0.2) is 4.79 Å². The predicted octanol–water partition coefficient (Wildman–Crippen LogP) is 6.22. The van der Waals surface area contributed by atoms with Gasteiger partial charge >= 0.3 is 5.97 Å². The number of fused-ring (bicyclic) bond motifs is 1. The van der Waals surface area contributed by atoms with Gasteiger partial charge in [0.25, 0.3) is 0 Å². The number of nitrogens with zero attached hydrogens (tertiary/aromatic N) is 1. The van der Waals surface area contributed by atoms with Crippen molar-refractivity contribution in [2.75, 3.05) is 5.32 Å². The summed E-state index contributed by atoms with van der Waals surface area (Å²) in [5.41, 5.74) is 3.73. The van der Waals surface area contributed by atoms with Crippen LogP contribution in [0.3, 0.4) is 0 Å². The Kier molecular flexibility index (Phi) is 6.88. The van der Waals surface area contributed by atoms with Crippen molar-refractivity contribution in [2.45, 2.75) is 26.8 Å². The summed E-state index contributed by atoms with van der Waals surface area (Å²) in [7, 11) is 0. The monoisotopic (exact) mass is 480 g/mol. The fraction of sp³-hybridized carbons (Fsp3) is 0.138. The number of aryl methyl sites for hydroxylation is 1. The van der Waals surface area contributed by atoms with Gasteiger partial charge < -0.3 is 19.4 Å². The molecule has 0 aliphatic carbocycles. The zero-order chi connectivity index (χ0) is 25.8. The molecule has 7 nitrogen and oxygen atoms in total. The van der Waals surface area contributed by atoms with Crippen LogP contribution in [0.15, 0.2) is 80.8 Å². The third-order valence-electron chi connectivity index (χ3n) is 5.81. The first-order valence-electron chi connectivity index (χ1n) is 11.2. The molecule has 180 valence electrons. The van der Waals surface area contributed by atoms with E-state index >= 15 is 0 Å². The quantitative estimate of drug-likeness (QED) is 0.239. The maximum Gasteiger partial charge on any atom is 0.337 e. The number of hydrogen-bond acceptors (Lipinski definition) is 6. The molecule has 1 atom stereocenters. The summed E-state index contributed by atoms with van der Waals surface area (Å²) in [4.78, 5) is 25.6. The van der Waals surface area contributed by atoms with Crippen molar-refractivity contribution in [3.05, 3.63) is 99.8 Å². The van der Waals surface area contributed by atoms with Crippen LogP contribution in [0.25, 0.3) is 27.7 Å². The van der Waals surface area contributed by atoms with Crippen LogP contribution < -0.4 is 10.7 Å². The van der Waals surface area contributed by atoms with E-state index < -0.39 is 5.97 Å². The Bertz CT molecular complexity index is 1600. The second kappa shape index (κ2) is 10.2. The van der Waals surface area contributed by atoms with E-state index in [4.69, 9.17) is 15.4 Å². The van der Waals surface area contributed by atoms with Gasteiger partial charge in [-0.15, -0.1) is 6.42 Å². The zero-order valence-electron chi connectivity index (χ0n) is 20.0. The topological polar surface area (TPSA) is 106 Å². The molecular formula is C29H24N2O5. The molecule has 36 heavy (non-hydrogen) atoms. The van der Waals surface area contributed by atoms with Gasteiger partial charge in [0, 0.05) is 22.4 Å². The number of carbonyl (C=O) groups is 1. The number of nitrogens with one attached hydrogen (secondary N) is 1. The van der Waals surface area contributed by atoms with Crippen molar-refractivity contribution < 1.29 is 18.8 Å². The first-order valence-corrected chi connectivity index (χ1v) is 11.2. The van der Waals surface area contributed by atoms with E-state index in [-0.39, 0.29) is 17.0 Å². The summed E-state index contributed by atoms with van der Waals surface area (Å²) in [6.07, 6.45) is 13.3. The second-order valence-corrected chi connectivity index (χ2v) is 8.24. The Morgan fingerprint density at radius 1 is 1.28 bits per heavy atom. The van der Waals surface area contributed by atoms with Crippen molar-refractivity contribution in [2.24, 2.45) is 0 Å². The fourth-order valence-corrected chi connectivity index (χ4v) is 4.14. The highest BCUT2D eigenvalue weighted by molar-refractivity contribution is 5.95. The number of anilines is 1. The molecule has 0 spiro atoms. The normalized spacial score (nSPS) is 12.6. The minimum absolute atomic E-state index is 0.147. The van der Waals surface area contributed by atoms with Crippen LogP contribution in [-0.4, -0.2) is 16.2 Å². The molecule has 4 aromatic rings. The van der Waals surface area contributed by atoms with Gasteiger partial charge in [-0.3, -0.25) is 4.79 Å². The van der Waals surface area contributed by atoms with Gasteiger partial charge in [0.05, 0.1) is 28.8 Å². The minimum atomic E-state index is -1.04. The average Bonchev–Trinajstić information content (AvgIpc) is 3.39. The average molecular weight is 481 g/mol. The molecule has 0 saturated carbocycles. The Hall–Kier alpha value is -4.83. The lowest BCUT2D eigenvalue weighted by Gasteiger charge is -2.20. The van der Waals surface area contributed by atoms with Crippen molar-refractivity contribution in [3.63, 3.8) is 0 Å². The highest BCUT2D eigenvalue weighted by Gasteiger charge is 2.23. The summed E-state index contributed by atoms with van der Waals surface area (Å²) >= 11 is 0. The maximum atomic E-state index is 13.9. The van der Waals surface area contributed by atoms with Crippen LogP contribution in [0.2, 0.25) is 0 Å². The molecule has 2 heterocycles. The lowest BCUT2D eigenvalue weighted by Crippen LogP contribution is -2.14. The first kappa shape index (κ1) is 24.3. The molecule has 0 aliphatic rings. The number of aromatic carboxylic acids is 1.